The molecule has 0 aromatic rings. The summed E-state index contributed by atoms with van der Waals surface area (Å²) in [6, 6.07) is 0. The number of aliphatic hydroxyl groups excluding tert-OH is 1. The Hall–Kier alpha value is -4.40. The van der Waals surface area contributed by atoms with Crippen molar-refractivity contribution >= 4 is 47.8 Å². The van der Waals surface area contributed by atoms with Crippen LogP contribution in [0.4, 0.5) is 0 Å². The highest BCUT2D eigenvalue weighted by Crippen LogP contribution is 2.41. The molecule has 7 rings (SSSR count). The lowest BCUT2D eigenvalue weighted by molar-refractivity contribution is -0.167. The minimum atomic E-state index is -1.48. The Bertz CT molecular complexity index is 1860. The molecule has 0 radical (unpaired) electrons. The maximum atomic E-state index is 14.0. The number of hydrogen-bond donors (Lipinski definition) is 1. The van der Waals surface area contributed by atoms with E-state index in [9.17, 15) is 43.5 Å². The van der Waals surface area contributed by atoms with Gasteiger partial charge in [0, 0.05) is 25.7 Å². The summed E-state index contributed by atoms with van der Waals surface area (Å²) in [5, 5.41) is 9.93. The molecule has 4 aliphatic carbocycles. The average molecular weight is 1130 g/mol. The Kier molecular flexibility index (Phi) is 27.1. The molecule has 0 aromatic heterocycles. The average Bonchev–Trinajstić information content (AvgIpc) is 4.37. The van der Waals surface area contributed by atoms with E-state index in [0.29, 0.717) is 158 Å². The van der Waals surface area contributed by atoms with Crippen LogP contribution in [-0.2, 0) is 90.5 Å². The molecule has 0 aromatic carbocycles. The van der Waals surface area contributed by atoms with E-state index in [0.717, 1.165) is 77.0 Å². The number of epoxide rings is 3. The molecule has 13 atom stereocenters. The van der Waals surface area contributed by atoms with Gasteiger partial charge in [-0.15, -0.1) is 0 Å². The van der Waals surface area contributed by atoms with E-state index in [1.165, 1.54) is 0 Å². The summed E-state index contributed by atoms with van der Waals surface area (Å²) in [6.07, 6.45) is 19.0. The lowest BCUT2D eigenvalue weighted by Gasteiger charge is -2.25. The van der Waals surface area contributed by atoms with Gasteiger partial charge in [-0.2, -0.15) is 0 Å². The van der Waals surface area contributed by atoms with Crippen LogP contribution >= 0.6 is 0 Å². The van der Waals surface area contributed by atoms with Crippen molar-refractivity contribution in [3.63, 3.8) is 0 Å². The highest BCUT2D eigenvalue weighted by atomic mass is 16.6. The summed E-state index contributed by atoms with van der Waals surface area (Å²) >= 11 is 0. The van der Waals surface area contributed by atoms with Crippen LogP contribution in [0.5, 0.6) is 0 Å². The molecule has 3 saturated heterocycles. The molecule has 4 saturated carbocycles. The second kappa shape index (κ2) is 34.3. The molecule has 20 heteroatoms. The molecular formula is C60H92O20. The molecule has 0 bridgehead atoms. The molecule has 3 heterocycles. The summed E-state index contributed by atoms with van der Waals surface area (Å²) < 4.78 is 61.2. The van der Waals surface area contributed by atoms with Gasteiger partial charge in [-0.05, 0) is 178 Å². The predicted octanol–water partition coefficient (Wildman–Crippen LogP) is 7.84. The third-order valence-corrected chi connectivity index (χ3v) is 17.0. The number of ether oxygens (including phenoxy) is 11. The molecule has 80 heavy (non-hydrogen) atoms. The van der Waals surface area contributed by atoms with Crippen LogP contribution in [0.15, 0.2) is 0 Å². The van der Waals surface area contributed by atoms with Crippen LogP contribution < -0.4 is 0 Å². The minimum Gasteiger partial charge on any atom is -0.466 e. The van der Waals surface area contributed by atoms with E-state index < -0.39 is 48.6 Å². The van der Waals surface area contributed by atoms with E-state index >= 15 is 0 Å². The zero-order chi connectivity index (χ0) is 56.5. The Morgan fingerprint density at radius 2 is 0.662 bits per heavy atom. The van der Waals surface area contributed by atoms with Gasteiger partial charge in [-0.1, -0.05) is 6.42 Å². The molecule has 7 fully saturated rings. The van der Waals surface area contributed by atoms with Crippen molar-refractivity contribution in [2.75, 3.05) is 52.9 Å². The van der Waals surface area contributed by atoms with E-state index in [1.807, 2.05) is 0 Å². The van der Waals surface area contributed by atoms with Gasteiger partial charge in [0.25, 0.3) is 0 Å². The van der Waals surface area contributed by atoms with E-state index in [2.05, 4.69) is 0 Å². The SMILES string of the molecule is O=C(CCCCCOC(=O)CC(C(=O)OCCCCCC(=O)OCC1CCC2OC2C1)C(CC(=O)OCCCCCC(=O)OCC1CCC2OC2C1)C(=O)OCCCCCC(=O)OCC1CCC2OC2C1)OCC1CCCC(O)C1. The number of fused-ring (bicyclic) bond motifs is 3. The second-order valence-electron chi connectivity index (χ2n) is 23.7. The van der Waals surface area contributed by atoms with Gasteiger partial charge in [-0.3, -0.25) is 38.4 Å². The zero-order valence-electron chi connectivity index (χ0n) is 47.3. The van der Waals surface area contributed by atoms with Crippen LogP contribution in [0.1, 0.15) is 199 Å². The van der Waals surface area contributed by atoms with Gasteiger partial charge in [0.1, 0.15) is 0 Å². The van der Waals surface area contributed by atoms with Gasteiger partial charge in [-0.25, -0.2) is 0 Å². The first-order chi connectivity index (χ1) is 38.8. The number of rotatable bonds is 39. The number of aliphatic hydroxyl groups is 1. The van der Waals surface area contributed by atoms with Crippen molar-refractivity contribution in [1.82, 2.24) is 0 Å². The first kappa shape index (κ1) is 63.2. The zero-order valence-corrected chi connectivity index (χ0v) is 47.3. The summed E-state index contributed by atoms with van der Waals surface area (Å²) in [4.78, 5) is 105. The third kappa shape index (κ3) is 24.2. The Balaban J connectivity index is 0.862. The summed E-state index contributed by atoms with van der Waals surface area (Å²) in [5.41, 5.74) is 0. The van der Waals surface area contributed by atoms with E-state index in [4.69, 9.17) is 52.1 Å². The van der Waals surface area contributed by atoms with Gasteiger partial charge in [0.05, 0.1) is 120 Å². The molecule has 7 aliphatic rings. The fraction of sp³-hybridized carbons (Fsp3) is 0.867. The van der Waals surface area contributed by atoms with Gasteiger partial charge < -0.3 is 57.2 Å². The summed E-state index contributed by atoms with van der Waals surface area (Å²) in [7, 11) is 0. The van der Waals surface area contributed by atoms with Gasteiger partial charge in [0.2, 0.25) is 0 Å². The first-order valence-electron chi connectivity index (χ1n) is 30.8. The van der Waals surface area contributed by atoms with Crippen LogP contribution in [0.2, 0.25) is 0 Å². The van der Waals surface area contributed by atoms with Crippen molar-refractivity contribution in [3.8, 4) is 0 Å². The third-order valence-electron chi connectivity index (χ3n) is 17.0. The summed E-state index contributed by atoms with van der Waals surface area (Å²) in [6.45, 7) is 1.22. The number of unbranched alkanes of at least 4 members (excludes halogenated alkanes) is 8. The molecule has 1 N–H and O–H groups in total. The molecule has 0 amide bonds. The van der Waals surface area contributed by atoms with Crippen LogP contribution in [0, 0.1) is 35.5 Å². The first-order valence-corrected chi connectivity index (χ1v) is 30.8. The second-order valence-corrected chi connectivity index (χ2v) is 23.7. The summed E-state index contributed by atoms with van der Waals surface area (Å²) in [5.74, 6) is -6.47. The van der Waals surface area contributed by atoms with Crippen molar-refractivity contribution < 1.29 is 95.6 Å². The number of carbonyl (C=O) groups excluding carboxylic acids is 8. The normalized spacial score (nSPS) is 27.7. The molecular weight excluding hydrogens is 1040 g/mol. The standard InChI is InChI=1S/C60H92O20/c61-44-15-13-14-40(30-44)36-74-53(62)16-5-1-9-26-70-57(66)34-45(59(68)72-28-11-3-7-18-55(64)76-38-42-21-24-48-51(32-42)79-48)46(60(69)73-29-12-4-8-19-56(65)77-39-43-22-25-49-52(33-43)80-49)35-58(67)71-27-10-2-6-17-54(63)75-37-41-20-23-47-50(31-41)78-47/h40-52,61H,1-39H2. The smallest absolute Gasteiger partial charge is 0.310 e. The quantitative estimate of drug-likeness (QED) is 0.0266. The lowest BCUT2D eigenvalue weighted by Crippen LogP contribution is -2.36. The van der Waals surface area contributed by atoms with Gasteiger partial charge >= 0.3 is 47.8 Å². The maximum Gasteiger partial charge on any atom is 0.310 e. The lowest BCUT2D eigenvalue weighted by atomic mass is 9.86. The van der Waals surface area contributed by atoms with Crippen LogP contribution in [0.25, 0.3) is 0 Å². The van der Waals surface area contributed by atoms with Crippen molar-refractivity contribution in [2.24, 2.45) is 35.5 Å². The Morgan fingerprint density at radius 1 is 0.338 bits per heavy atom. The van der Waals surface area contributed by atoms with Crippen LogP contribution in [-0.4, -0.2) is 148 Å². The molecule has 20 nitrogen and oxygen atoms in total. The fourth-order valence-electron chi connectivity index (χ4n) is 11.8. The molecule has 452 valence electrons. The number of hydrogen-bond acceptors (Lipinski definition) is 20. The van der Waals surface area contributed by atoms with Gasteiger partial charge in [0.15, 0.2) is 0 Å². The fourth-order valence-corrected chi connectivity index (χ4v) is 11.8. The van der Waals surface area contributed by atoms with Crippen molar-refractivity contribution in [2.45, 2.75) is 242 Å². The van der Waals surface area contributed by atoms with E-state index in [-0.39, 0.29) is 94.6 Å². The molecule has 0 spiro atoms. The van der Waals surface area contributed by atoms with Crippen molar-refractivity contribution in [1.29, 1.82) is 0 Å². The molecule has 13 unspecified atom stereocenters. The van der Waals surface area contributed by atoms with Crippen molar-refractivity contribution in [3.05, 3.63) is 0 Å². The maximum absolute atomic E-state index is 14.0. The molecule has 3 aliphatic heterocycles. The Labute approximate surface area is 472 Å². The van der Waals surface area contributed by atoms with E-state index in [1.54, 1.807) is 0 Å². The largest absolute Gasteiger partial charge is 0.466 e. The minimum absolute atomic E-state index is 0.0116. The number of esters is 8. The Morgan fingerprint density at radius 3 is 0.988 bits per heavy atom. The predicted molar refractivity (Wildman–Crippen MR) is 284 cm³/mol. The number of carbonyl (C=O) groups is 8. The highest BCUT2D eigenvalue weighted by molar-refractivity contribution is 5.88. The van der Waals surface area contributed by atoms with Crippen LogP contribution in [0.3, 0.4) is 0 Å². The highest BCUT2D eigenvalue weighted by Gasteiger charge is 2.46. The monoisotopic (exact) mass is 1130 g/mol. The topological polar surface area (TPSA) is 268 Å².